The highest BCUT2D eigenvalue weighted by Crippen LogP contribution is 2.40. The van der Waals surface area contributed by atoms with Crippen LogP contribution in [0, 0.1) is 18.6 Å². The highest BCUT2D eigenvalue weighted by atomic mass is 32.2. The van der Waals surface area contributed by atoms with E-state index in [9.17, 15) is 17.6 Å². The summed E-state index contributed by atoms with van der Waals surface area (Å²) in [6, 6.07) is 5.72. The topological polar surface area (TPSA) is 105 Å². The van der Waals surface area contributed by atoms with Crippen LogP contribution in [0.3, 0.4) is 0 Å². The van der Waals surface area contributed by atoms with Crippen molar-refractivity contribution in [1.29, 1.82) is 0 Å². The molecule has 0 spiro atoms. The molecule has 0 bridgehead atoms. The number of hydrogen-bond acceptors (Lipinski definition) is 5. The monoisotopic (exact) mass is 510 g/mol. The molecule has 0 saturated heterocycles. The zero-order valence-electron chi connectivity index (χ0n) is 19.7. The van der Waals surface area contributed by atoms with Gasteiger partial charge in [-0.25, -0.2) is 22.2 Å². The van der Waals surface area contributed by atoms with Gasteiger partial charge in [-0.1, -0.05) is 6.92 Å². The van der Waals surface area contributed by atoms with E-state index in [4.69, 9.17) is 0 Å². The summed E-state index contributed by atoms with van der Waals surface area (Å²) in [7, 11) is -3.97. The van der Waals surface area contributed by atoms with Crippen LogP contribution in [-0.2, 0) is 10.0 Å². The molecule has 0 atom stereocenters. The number of fused-ring (bicyclic) bond motifs is 1. The number of aromatic amines is 1. The number of aryl methyl sites for hydroxylation is 1. The lowest BCUT2D eigenvalue weighted by Gasteiger charge is -2.12. The summed E-state index contributed by atoms with van der Waals surface area (Å²) in [4.78, 5) is 25.2. The predicted molar refractivity (Wildman–Crippen MR) is 134 cm³/mol. The van der Waals surface area contributed by atoms with Gasteiger partial charge in [-0.2, -0.15) is 0 Å². The first-order chi connectivity index (χ1) is 17.2. The van der Waals surface area contributed by atoms with Crippen LogP contribution < -0.4 is 4.72 Å². The van der Waals surface area contributed by atoms with E-state index in [1.807, 2.05) is 11.6 Å². The average molecular weight is 511 g/mol. The van der Waals surface area contributed by atoms with Crippen molar-refractivity contribution in [2.45, 2.75) is 39.0 Å². The molecule has 0 aliphatic heterocycles. The number of carbonyl (C=O) groups excluding carboxylic acids is 1. The molecule has 5 rings (SSSR count). The molecule has 7 nitrogen and oxygen atoms in total. The van der Waals surface area contributed by atoms with E-state index < -0.39 is 38.7 Å². The lowest BCUT2D eigenvalue weighted by Crippen LogP contribution is -2.19. The first-order valence-corrected chi connectivity index (χ1v) is 13.3. The van der Waals surface area contributed by atoms with Crippen LogP contribution in [-0.4, -0.2) is 34.9 Å². The fourth-order valence-corrected chi connectivity index (χ4v) is 5.40. The second-order valence-corrected chi connectivity index (χ2v) is 10.9. The van der Waals surface area contributed by atoms with Crippen LogP contribution in [0.1, 0.15) is 59.3 Å². The maximum absolute atomic E-state index is 15.2. The van der Waals surface area contributed by atoms with Gasteiger partial charge in [-0.15, -0.1) is 0 Å². The normalized spacial score (nSPS) is 13.8. The molecule has 2 N–H and O–H groups in total. The number of anilines is 1. The average Bonchev–Trinajstić information content (AvgIpc) is 3.60. The Morgan fingerprint density at radius 3 is 2.61 bits per heavy atom. The van der Waals surface area contributed by atoms with Crippen LogP contribution in [0.5, 0.6) is 0 Å². The van der Waals surface area contributed by atoms with E-state index >= 15 is 4.39 Å². The summed E-state index contributed by atoms with van der Waals surface area (Å²) in [6.07, 6.45) is 7.45. The third-order valence-corrected chi connectivity index (χ3v) is 7.74. The Hall–Kier alpha value is -3.66. The molecule has 0 radical (unpaired) electrons. The van der Waals surface area contributed by atoms with Gasteiger partial charge in [0.1, 0.15) is 17.2 Å². The zero-order chi connectivity index (χ0) is 25.6. The van der Waals surface area contributed by atoms with Gasteiger partial charge in [0.05, 0.1) is 11.3 Å². The van der Waals surface area contributed by atoms with Crippen LogP contribution in [0.4, 0.5) is 14.5 Å². The highest BCUT2D eigenvalue weighted by molar-refractivity contribution is 7.92. The van der Waals surface area contributed by atoms with Gasteiger partial charge < -0.3 is 4.98 Å². The Bertz CT molecular complexity index is 1610. The number of nitrogens with one attached hydrogen (secondary N) is 2. The fraction of sp³-hybridized carbons (Fsp3) is 0.269. The number of rotatable bonds is 8. The molecule has 1 saturated carbocycles. The van der Waals surface area contributed by atoms with Gasteiger partial charge in [-0.3, -0.25) is 14.5 Å². The molecule has 1 aliphatic carbocycles. The van der Waals surface area contributed by atoms with Crippen molar-refractivity contribution >= 4 is 32.5 Å². The maximum Gasteiger partial charge on any atom is 0.232 e. The van der Waals surface area contributed by atoms with Crippen molar-refractivity contribution in [2.75, 3.05) is 10.5 Å². The lowest BCUT2D eigenvalue weighted by atomic mass is 9.99. The number of nitrogens with zero attached hydrogens (tertiary/aromatic N) is 2. The Balaban J connectivity index is 1.53. The number of carbonyl (C=O) groups is 1. The zero-order valence-corrected chi connectivity index (χ0v) is 20.5. The van der Waals surface area contributed by atoms with Crippen molar-refractivity contribution < 1.29 is 22.0 Å². The summed E-state index contributed by atoms with van der Waals surface area (Å²) in [5.41, 5.74) is 2.95. The Kier molecular flexibility index (Phi) is 6.07. The van der Waals surface area contributed by atoms with Gasteiger partial charge >= 0.3 is 0 Å². The van der Waals surface area contributed by atoms with Gasteiger partial charge in [0.25, 0.3) is 0 Å². The first kappa shape index (κ1) is 24.1. The van der Waals surface area contributed by atoms with Gasteiger partial charge in [0, 0.05) is 52.3 Å². The molecule has 0 amide bonds. The minimum atomic E-state index is -3.97. The summed E-state index contributed by atoms with van der Waals surface area (Å²) in [5, 5.41) is 0.458. The molecule has 4 aromatic rings. The van der Waals surface area contributed by atoms with Crippen LogP contribution in [0.25, 0.3) is 22.2 Å². The third kappa shape index (κ3) is 4.48. The molecule has 186 valence electrons. The highest BCUT2D eigenvalue weighted by Gasteiger charge is 2.26. The number of pyridine rings is 2. The molecule has 3 aromatic heterocycles. The predicted octanol–water partition coefficient (Wildman–Crippen LogP) is 5.47. The second kappa shape index (κ2) is 9.09. The van der Waals surface area contributed by atoms with Crippen molar-refractivity contribution in [1.82, 2.24) is 15.0 Å². The number of hydrogen-bond donors (Lipinski definition) is 2. The molecule has 0 unspecified atom stereocenters. The SMILES string of the molecule is CCCS(=O)(=O)Nc1c(F)ccc(C(=O)c2c[nH]c3ncc(-c4cnc(C5CC5)cc4C)cc23)c1F. The lowest BCUT2D eigenvalue weighted by molar-refractivity contribution is 0.103. The molecule has 1 aromatic carbocycles. The Morgan fingerprint density at radius 2 is 1.92 bits per heavy atom. The quantitative estimate of drug-likeness (QED) is 0.306. The third-order valence-electron chi connectivity index (χ3n) is 6.28. The van der Waals surface area contributed by atoms with E-state index in [1.54, 1.807) is 25.4 Å². The number of halogens is 2. The van der Waals surface area contributed by atoms with Gasteiger partial charge in [0.15, 0.2) is 11.6 Å². The van der Waals surface area contributed by atoms with Gasteiger partial charge in [0.2, 0.25) is 10.0 Å². The van der Waals surface area contributed by atoms with Crippen molar-refractivity contribution in [3.63, 3.8) is 0 Å². The van der Waals surface area contributed by atoms with E-state index in [0.29, 0.717) is 17.0 Å². The van der Waals surface area contributed by atoms with Crippen LogP contribution in [0.15, 0.2) is 42.9 Å². The van der Waals surface area contributed by atoms with Crippen molar-refractivity contribution in [2.24, 2.45) is 0 Å². The first-order valence-electron chi connectivity index (χ1n) is 11.7. The Labute approximate surface area is 207 Å². The largest absolute Gasteiger partial charge is 0.345 e. The van der Waals surface area contributed by atoms with Crippen LogP contribution in [0.2, 0.25) is 0 Å². The molecular formula is C26H24F2N4O3S. The minimum Gasteiger partial charge on any atom is -0.345 e. The number of ketones is 1. The van der Waals surface area contributed by atoms with Gasteiger partial charge in [-0.05, 0) is 56.0 Å². The fourth-order valence-electron chi connectivity index (χ4n) is 4.26. The number of benzene rings is 1. The molecular weight excluding hydrogens is 486 g/mol. The molecule has 10 heteroatoms. The van der Waals surface area contributed by atoms with E-state index in [0.717, 1.165) is 47.4 Å². The van der Waals surface area contributed by atoms with Crippen molar-refractivity contribution in [3.8, 4) is 11.1 Å². The molecule has 1 aliphatic rings. The smallest absolute Gasteiger partial charge is 0.232 e. The summed E-state index contributed by atoms with van der Waals surface area (Å²) < 4.78 is 55.7. The van der Waals surface area contributed by atoms with E-state index in [2.05, 4.69) is 21.0 Å². The van der Waals surface area contributed by atoms with Crippen LogP contribution >= 0.6 is 0 Å². The number of sulfonamides is 1. The summed E-state index contributed by atoms with van der Waals surface area (Å²) in [5.74, 6) is -2.89. The number of H-pyrrole nitrogens is 1. The molecule has 3 heterocycles. The maximum atomic E-state index is 15.2. The van der Waals surface area contributed by atoms with Crippen molar-refractivity contribution in [3.05, 3.63) is 76.9 Å². The van der Waals surface area contributed by atoms with E-state index in [1.165, 1.54) is 6.20 Å². The molecule has 1 fully saturated rings. The van der Waals surface area contributed by atoms with E-state index in [-0.39, 0.29) is 17.7 Å². The summed E-state index contributed by atoms with van der Waals surface area (Å²) >= 11 is 0. The molecule has 36 heavy (non-hydrogen) atoms. The summed E-state index contributed by atoms with van der Waals surface area (Å²) in [6.45, 7) is 3.62. The standard InChI is InChI=1S/C26H24F2N4O3S/c1-3-8-36(34,35)32-24-21(27)7-6-17(23(24)28)25(33)20-13-31-26-18(20)10-16(11-30-26)19-12-29-22(9-14(19)2)15-4-5-15/h6-7,9-13,15,32H,3-5,8H2,1-2H3,(H,30,31). The second-order valence-electron chi connectivity index (χ2n) is 9.05. The number of aromatic nitrogens is 3. The minimum absolute atomic E-state index is 0.132. The Morgan fingerprint density at radius 1 is 1.14 bits per heavy atom.